The fraction of sp³-hybridized carbons (Fsp3) is 0. The van der Waals surface area contributed by atoms with Crippen LogP contribution >= 0.6 is 0 Å². The summed E-state index contributed by atoms with van der Waals surface area (Å²) in [5.41, 5.74) is 6.08. The molecule has 1 rings (SSSR count). The molecule has 7 nitrogen and oxygen atoms in total. The second-order valence-corrected chi connectivity index (χ2v) is 2.47. The van der Waals surface area contributed by atoms with Crippen LogP contribution in [0.5, 0.6) is 0 Å². The molecule has 0 spiro atoms. The lowest BCUT2D eigenvalue weighted by molar-refractivity contribution is -0.384. The van der Waals surface area contributed by atoms with E-state index in [1.54, 1.807) is 5.48 Å². The third kappa shape index (κ3) is 1.77. The Kier molecular flexibility index (Phi) is 2.63. The Hall–Kier alpha value is -2.15. The van der Waals surface area contributed by atoms with E-state index in [0.29, 0.717) is 0 Å². The zero-order valence-electron chi connectivity index (χ0n) is 6.93. The molecule has 0 saturated carbocycles. The Bertz CT molecular complexity index is 391. The van der Waals surface area contributed by atoms with Gasteiger partial charge in [-0.25, -0.2) is 0 Å². The summed E-state index contributed by atoms with van der Waals surface area (Å²) in [5, 5.41) is 19.0. The highest BCUT2D eigenvalue weighted by Gasteiger charge is 2.15. The van der Waals surface area contributed by atoms with Crippen LogP contribution in [0.3, 0.4) is 0 Å². The molecule has 1 aromatic carbocycles. The summed E-state index contributed by atoms with van der Waals surface area (Å²) >= 11 is 0. The standard InChI is InChI=1S/C7H7N3O4/c8-7(11)4-1-2-5(9-12)6(3-4)10(13)14/h1-3,9,12H,(H2,8,11). The number of rotatable bonds is 3. The van der Waals surface area contributed by atoms with Gasteiger partial charge in [-0.15, -0.1) is 0 Å². The molecule has 0 fully saturated rings. The van der Waals surface area contributed by atoms with Gasteiger partial charge in [-0.05, 0) is 12.1 Å². The molecule has 0 heterocycles. The number of carbonyl (C=O) groups is 1. The Balaban J connectivity index is 3.27. The molecule has 1 amide bonds. The Morgan fingerprint density at radius 1 is 1.57 bits per heavy atom. The molecule has 0 aliphatic carbocycles. The van der Waals surface area contributed by atoms with Crippen LogP contribution in [0.15, 0.2) is 18.2 Å². The van der Waals surface area contributed by atoms with Crippen LogP contribution in [0.4, 0.5) is 11.4 Å². The van der Waals surface area contributed by atoms with Crippen molar-refractivity contribution in [3.05, 3.63) is 33.9 Å². The first-order valence-corrected chi connectivity index (χ1v) is 3.54. The minimum atomic E-state index is -0.766. The zero-order valence-corrected chi connectivity index (χ0v) is 6.93. The van der Waals surface area contributed by atoms with E-state index in [1.807, 2.05) is 0 Å². The van der Waals surface area contributed by atoms with Gasteiger partial charge in [0.05, 0.1) is 4.92 Å². The third-order valence-electron chi connectivity index (χ3n) is 1.60. The first-order valence-electron chi connectivity index (χ1n) is 3.54. The molecule has 7 heteroatoms. The summed E-state index contributed by atoms with van der Waals surface area (Å²) in [5.74, 6) is -0.766. The third-order valence-corrected chi connectivity index (χ3v) is 1.60. The van der Waals surface area contributed by atoms with Crippen LogP contribution in [0.2, 0.25) is 0 Å². The van der Waals surface area contributed by atoms with E-state index in [0.717, 1.165) is 6.07 Å². The van der Waals surface area contributed by atoms with Crippen molar-refractivity contribution in [3.8, 4) is 0 Å². The predicted molar refractivity (Wildman–Crippen MR) is 47.0 cm³/mol. The fourth-order valence-electron chi connectivity index (χ4n) is 0.931. The number of nitro benzene ring substituents is 1. The maximum absolute atomic E-state index is 10.7. The van der Waals surface area contributed by atoms with Crippen LogP contribution < -0.4 is 11.2 Å². The van der Waals surface area contributed by atoms with Crippen molar-refractivity contribution in [2.24, 2.45) is 5.73 Å². The van der Waals surface area contributed by atoms with Crippen LogP contribution in [-0.4, -0.2) is 16.0 Å². The lowest BCUT2D eigenvalue weighted by Gasteiger charge is -2.01. The lowest BCUT2D eigenvalue weighted by Crippen LogP contribution is -2.11. The summed E-state index contributed by atoms with van der Waals surface area (Å²) < 4.78 is 0. The Morgan fingerprint density at radius 3 is 2.64 bits per heavy atom. The van der Waals surface area contributed by atoms with E-state index in [9.17, 15) is 14.9 Å². The number of benzene rings is 1. The molecule has 0 unspecified atom stereocenters. The number of nitrogens with one attached hydrogen (secondary N) is 1. The van der Waals surface area contributed by atoms with Gasteiger partial charge in [-0.2, -0.15) is 0 Å². The number of nitrogens with two attached hydrogens (primary N) is 1. The van der Waals surface area contributed by atoms with Gasteiger partial charge >= 0.3 is 0 Å². The molecule has 0 aliphatic rings. The number of primary amides is 1. The predicted octanol–water partition coefficient (Wildman–Crippen LogP) is 0.495. The van der Waals surface area contributed by atoms with E-state index in [2.05, 4.69) is 0 Å². The van der Waals surface area contributed by atoms with Gasteiger partial charge in [-0.3, -0.25) is 25.6 Å². The maximum atomic E-state index is 10.7. The number of anilines is 1. The van der Waals surface area contributed by atoms with Crippen molar-refractivity contribution in [1.82, 2.24) is 0 Å². The highest BCUT2D eigenvalue weighted by Crippen LogP contribution is 2.24. The van der Waals surface area contributed by atoms with Gasteiger partial charge in [0, 0.05) is 11.6 Å². The average molecular weight is 197 g/mol. The van der Waals surface area contributed by atoms with Gasteiger partial charge in [0.15, 0.2) is 0 Å². The van der Waals surface area contributed by atoms with E-state index < -0.39 is 16.5 Å². The van der Waals surface area contributed by atoms with Crippen molar-refractivity contribution in [2.75, 3.05) is 5.48 Å². The van der Waals surface area contributed by atoms with Crippen LogP contribution in [0, 0.1) is 10.1 Å². The fourth-order valence-corrected chi connectivity index (χ4v) is 0.931. The quantitative estimate of drug-likeness (QED) is 0.481. The van der Waals surface area contributed by atoms with Crippen molar-refractivity contribution in [2.45, 2.75) is 0 Å². The second kappa shape index (κ2) is 3.71. The van der Waals surface area contributed by atoms with E-state index >= 15 is 0 Å². The van der Waals surface area contributed by atoms with Crippen LogP contribution in [0.25, 0.3) is 0 Å². The highest BCUT2D eigenvalue weighted by molar-refractivity contribution is 5.94. The molecule has 0 radical (unpaired) electrons. The minimum absolute atomic E-state index is 0.00991. The monoisotopic (exact) mass is 197 g/mol. The minimum Gasteiger partial charge on any atom is -0.366 e. The first-order chi connectivity index (χ1) is 6.56. The number of nitrogens with zero attached hydrogens (tertiary/aromatic N) is 1. The summed E-state index contributed by atoms with van der Waals surface area (Å²) in [6.07, 6.45) is 0. The van der Waals surface area contributed by atoms with Gasteiger partial charge < -0.3 is 5.73 Å². The summed E-state index contributed by atoms with van der Waals surface area (Å²) in [4.78, 5) is 20.4. The molecule has 0 aromatic heterocycles. The Labute approximate surface area is 78.2 Å². The number of nitro groups is 1. The molecule has 0 saturated heterocycles. The van der Waals surface area contributed by atoms with E-state index in [4.69, 9.17) is 10.9 Å². The van der Waals surface area contributed by atoms with Crippen molar-refractivity contribution >= 4 is 17.3 Å². The molecule has 0 bridgehead atoms. The summed E-state index contributed by atoms with van der Waals surface area (Å²) in [7, 11) is 0. The van der Waals surface area contributed by atoms with Crippen molar-refractivity contribution < 1.29 is 14.9 Å². The summed E-state index contributed by atoms with van der Waals surface area (Å²) in [6.45, 7) is 0. The maximum Gasteiger partial charge on any atom is 0.295 e. The van der Waals surface area contributed by atoms with Crippen LogP contribution in [-0.2, 0) is 0 Å². The largest absolute Gasteiger partial charge is 0.366 e. The molecule has 0 atom stereocenters. The summed E-state index contributed by atoms with van der Waals surface area (Å²) in [6, 6.07) is 3.45. The highest BCUT2D eigenvalue weighted by atomic mass is 16.6. The molecule has 0 aliphatic heterocycles. The van der Waals surface area contributed by atoms with E-state index in [1.165, 1.54) is 12.1 Å². The molecular formula is C7H7N3O4. The van der Waals surface area contributed by atoms with Crippen molar-refractivity contribution in [1.29, 1.82) is 0 Å². The average Bonchev–Trinajstić information content (AvgIpc) is 2.16. The van der Waals surface area contributed by atoms with Gasteiger partial charge in [0.2, 0.25) is 5.91 Å². The topological polar surface area (TPSA) is 118 Å². The molecular weight excluding hydrogens is 190 g/mol. The smallest absolute Gasteiger partial charge is 0.295 e. The number of hydrogen-bond acceptors (Lipinski definition) is 5. The lowest BCUT2D eigenvalue weighted by atomic mass is 10.1. The van der Waals surface area contributed by atoms with Gasteiger partial charge in [-0.1, -0.05) is 0 Å². The van der Waals surface area contributed by atoms with Crippen molar-refractivity contribution in [3.63, 3.8) is 0 Å². The SMILES string of the molecule is NC(=O)c1ccc(NO)c([N+](=O)[O-])c1. The Morgan fingerprint density at radius 2 is 2.21 bits per heavy atom. The van der Waals surface area contributed by atoms with Gasteiger partial charge in [0.25, 0.3) is 5.69 Å². The first kappa shape index (κ1) is 9.93. The number of hydrogen-bond donors (Lipinski definition) is 3. The number of carbonyl (C=O) groups excluding carboxylic acids is 1. The van der Waals surface area contributed by atoms with Gasteiger partial charge in [0.1, 0.15) is 5.69 Å². The van der Waals surface area contributed by atoms with Crippen LogP contribution in [0.1, 0.15) is 10.4 Å². The molecule has 1 aromatic rings. The number of amides is 1. The molecule has 14 heavy (non-hydrogen) atoms. The normalized spacial score (nSPS) is 9.50. The molecule has 74 valence electrons. The van der Waals surface area contributed by atoms with E-state index in [-0.39, 0.29) is 11.3 Å². The zero-order chi connectivity index (χ0) is 10.7. The second-order valence-electron chi connectivity index (χ2n) is 2.47. The molecule has 4 N–H and O–H groups in total.